The molecule has 678 valence electrons. The van der Waals surface area contributed by atoms with Crippen LogP contribution in [-0.4, -0.2) is 27.4 Å². The van der Waals surface area contributed by atoms with E-state index in [2.05, 4.69) is 316 Å². The van der Waals surface area contributed by atoms with Gasteiger partial charge in [0.2, 0.25) is 5.69 Å². The van der Waals surface area contributed by atoms with Gasteiger partial charge in [0.1, 0.15) is 33.5 Å². The Labute approximate surface area is 837 Å². The molecule has 15 heteroatoms. The van der Waals surface area contributed by atoms with E-state index < -0.39 is 0 Å². The van der Waals surface area contributed by atoms with E-state index in [1.165, 1.54) is 0 Å². The molecule has 0 saturated carbocycles. The molecule has 0 radical (unpaired) electrons. The Morgan fingerprint density at radius 1 is 0.204 bits per heavy atom. The third-order valence-electron chi connectivity index (χ3n) is 29.3. The molecular formula is C132H72N12O3. The molecule has 0 unspecified atom stereocenters. The maximum atomic E-state index is 10.7. The second kappa shape index (κ2) is 33.2. The average molecular weight is 1870 g/mol. The van der Waals surface area contributed by atoms with Crippen LogP contribution in [0.3, 0.4) is 0 Å². The predicted molar refractivity (Wildman–Crippen MR) is 595 cm³/mol. The van der Waals surface area contributed by atoms with Crippen molar-refractivity contribution in [1.29, 1.82) is 21.0 Å². The number of hydrogen-bond donors (Lipinski definition) is 0. The first-order chi connectivity index (χ1) is 72.7. The van der Waals surface area contributed by atoms with E-state index in [1.54, 1.807) is 0 Å². The fourth-order valence-electron chi connectivity index (χ4n) is 23.2. The van der Waals surface area contributed by atoms with Crippen molar-refractivity contribution >= 4 is 208 Å². The largest absolute Gasteiger partial charge is 0.456 e. The summed E-state index contributed by atoms with van der Waals surface area (Å²) in [5.74, 6) is 0. The minimum Gasteiger partial charge on any atom is -0.456 e. The number of hydrogen-bond acceptors (Lipinski definition) is 7. The molecule has 15 nitrogen and oxygen atoms in total. The molecule has 0 fully saturated rings. The summed E-state index contributed by atoms with van der Waals surface area (Å²) in [6.45, 7) is 16.3. The number of fused-ring (bicyclic) bond motifs is 29. The molecule has 9 heterocycles. The van der Waals surface area contributed by atoms with Gasteiger partial charge in [0.15, 0.2) is 5.69 Å². The van der Waals surface area contributed by atoms with Gasteiger partial charge in [-0.15, -0.1) is 0 Å². The molecular weight excluding hydrogens is 1800 g/mol. The SMILES string of the molecule is N#Cc1ccc(-c2c(C#N)cccc2-n2c3ccccc3c3ccccc32)c(-n2c3ccccc3c3c4oc5ccccc5c4ccc32)c1.[C-]#[N+]c1ccc(-n2c3ccccc3c3ccccc32)c(-c2ccc(C#N)cc2-n2c3ccccc3c3c4c(ccc32)oc2ccccc24)c1.[C-]#[N+]c1cccc(-c2ccc(C#N)cc2-n2c3ccccc3c3cc4oc5ccccc5c4cc32)c1-n1c2ccccc2c2ccccc21. The first-order valence-electron chi connectivity index (χ1n) is 48.4. The summed E-state index contributed by atoms with van der Waals surface area (Å²) < 4.78 is 32.7. The van der Waals surface area contributed by atoms with E-state index in [-0.39, 0.29) is 0 Å². The lowest BCUT2D eigenvalue weighted by Gasteiger charge is -2.20. The molecule has 30 rings (SSSR count). The Kier molecular flexibility index (Phi) is 19.0. The third kappa shape index (κ3) is 12.7. The highest BCUT2D eigenvalue weighted by Crippen LogP contribution is 2.52. The van der Waals surface area contributed by atoms with Crippen LogP contribution in [0.4, 0.5) is 11.4 Å². The lowest BCUT2D eigenvalue weighted by molar-refractivity contribution is 0.669. The second-order valence-corrected chi connectivity index (χ2v) is 36.9. The van der Waals surface area contributed by atoms with Crippen LogP contribution in [0.2, 0.25) is 0 Å². The van der Waals surface area contributed by atoms with Gasteiger partial charge in [-0.05, 0) is 181 Å². The van der Waals surface area contributed by atoms with Gasteiger partial charge in [0, 0.05) is 114 Å². The van der Waals surface area contributed by atoms with E-state index in [1.807, 2.05) is 182 Å². The maximum Gasteiger partial charge on any atom is 0.211 e. The van der Waals surface area contributed by atoms with Crippen LogP contribution in [0, 0.1) is 58.5 Å². The molecule has 147 heavy (non-hydrogen) atoms. The monoisotopic (exact) mass is 1870 g/mol. The highest BCUT2D eigenvalue weighted by Gasteiger charge is 2.31. The summed E-state index contributed by atoms with van der Waals surface area (Å²) in [7, 11) is 0. The highest BCUT2D eigenvalue weighted by atomic mass is 16.3. The van der Waals surface area contributed by atoms with Crippen LogP contribution in [0.25, 0.3) is 274 Å². The molecule has 0 aliphatic carbocycles. The minimum absolute atomic E-state index is 0.530. The second-order valence-electron chi connectivity index (χ2n) is 36.9. The Hall–Kier alpha value is -21.2. The standard InChI is InChI=1S/3C44H24N4O/c1-46-36-16-10-15-33(44(36)48-38-18-7-2-11-28(38)29-12-3-8-19-39(29)48)31-22-21-27(26-45)23-40(31)47-37-17-6-4-13-30(37)34-25-43-35(24-41(34)47)32-14-5-9-20-42(32)49-43;1-46-28-19-21-38(47-35-14-6-2-10-29(35)30-11-3-7-15-36(30)47)34(25-28)31-20-18-27(26-45)24-40(31)48-37-16-8-4-12-32(37)43-39(48)22-23-42-44(43)33-13-5-9-17-41(33)49-42;45-25-27-20-21-34(42-28(26-46)10-9-18-38(42)47-35-15-5-1-11-29(35)30-12-2-6-16-36(30)47)40(24-27)48-37-17-7-3-14-33(37)43-39(48)23-22-32-31-13-4-8-19-41(31)49-44(32)43/h2*2-25H;1-24H. The summed E-state index contributed by atoms with van der Waals surface area (Å²) in [5, 5.41) is 60.8. The third-order valence-corrected chi connectivity index (χ3v) is 29.3. The Bertz CT molecular complexity index is 11000. The van der Waals surface area contributed by atoms with Crippen molar-refractivity contribution in [3.63, 3.8) is 0 Å². The van der Waals surface area contributed by atoms with Gasteiger partial charge in [0.05, 0.1) is 165 Å². The number of rotatable bonds is 9. The zero-order valence-electron chi connectivity index (χ0n) is 78.2. The van der Waals surface area contributed by atoms with Crippen LogP contribution < -0.4 is 0 Å². The van der Waals surface area contributed by atoms with Gasteiger partial charge < -0.3 is 40.7 Å². The molecule has 0 spiro atoms. The van der Waals surface area contributed by atoms with Crippen molar-refractivity contribution in [3.05, 3.63) is 482 Å². The van der Waals surface area contributed by atoms with Gasteiger partial charge in [-0.2, -0.15) is 21.0 Å². The first-order valence-corrected chi connectivity index (χ1v) is 48.4. The van der Waals surface area contributed by atoms with Crippen molar-refractivity contribution in [3.8, 4) is 91.8 Å². The fourth-order valence-corrected chi connectivity index (χ4v) is 23.2. The topological polar surface area (TPSA) is 173 Å². The average Bonchev–Trinajstić information content (AvgIpc) is 1.57. The number of furan rings is 3. The number of nitriles is 4. The van der Waals surface area contributed by atoms with E-state index in [0.29, 0.717) is 33.6 Å². The normalized spacial score (nSPS) is 11.6. The molecule has 30 aromatic rings. The number of benzene rings is 21. The number of para-hydroxylation sites is 13. The number of nitrogens with zero attached hydrogens (tertiary/aromatic N) is 12. The maximum absolute atomic E-state index is 10.7. The lowest BCUT2D eigenvalue weighted by atomic mass is 9.95. The Morgan fingerprint density at radius 2 is 0.599 bits per heavy atom. The Morgan fingerprint density at radius 3 is 1.12 bits per heavy atom. The van der Waals surface area contributed by atoms with Gasteiger partial charge in [-0.3, -0.25) is 0 Å². The van der Waals surface area contributed by atoms with Crippen molar-refractivity contribution in [2.45, 2.75) is 0 Å². The zero-order valence-corrected chi connectivity index (χ0v) is 78.2. The predicted octanol–water partition coefficient (Wildman–Crippen LogP) is 34.9. The first kappa shape index (κ1) is 83.9. The van der Waals surface area contributed by atoms with E-state index in [0.717, 1.165) is 264 Å². The van der Waals surface area contributed by atoms with Crippen LogP contribution in [0.15, 0.2) is 450 Å². The van der Waals surface area contributed by atoms with Crippen LogP contribution in [0.5, 0.6) is 0 Å². The number of aromatic nitrogens is 6. The lowest BCUT2D eigenvalue weighted by Crippen LogP contribution is -2.03. The van der Waals surface area contributed by atoms with Crippen LogP contribution in [-0.2, 0) is 0 Å². The highest BCUT2D eigenvalue weighted by molar-refractivity contribution is 6.29. The fraction of sp³-hybridized carbons (Fsp3) is 0. The van der Waals surface area contributed by atoms with Crippen LogP contribution >= 0.6 is 0 Å². The van der Waals surface area contributed by atoms with Crippen molar-refractivity contribution < 1.29 is 13.3 Å². The summed E-state index contributed by atoms with van der Waals surface area (Å²) in [5.41, 5.74) is 31.1. The van der Waals surface area contributed by atoms with E-state index in [9.17, 15) is 21.0 Å². The summed E-state index contributed by atoms with van der Waals surface area (Å²) in [4.78, 5) is 7.93. The van der Waals surface area contributed by atoms with E-state index in [4.69, 9.17) is 26.4 Å². The summed E-state index contributed by atoms with van der Waals surface area (Å²) in [6, 6.07) is 158. The van der Waals surface area contributed by atoms with Crippen molar-refractivity contribution in [2.75, 3.05) is 0 Å². The van der Waals surface area contributed by atoms with Gasteiger partial charge >= 0.3 is 0 Å². The molecule has 9 aromatic heterocycles. The van der Waals surface area contributed by atoms with Crippen molar-refractivity contribution in [2.24, 2.45) is 0 Å². The zero-order chi connectivity index (χ0) is 97.9. The Balaban J connectivity index is 0.000000107. The van der Waals surface area contributed by atoms with Gasteiger partial charge in [-0.1, -0.05) is 267 Å². The molecule has 0 aliphatic rings. The van der Waals surface area contributed by atoms with Gasteiger partial charge in [-0.25, -0.2) is 9.69 Å². The molecule has 0 N–H and O–H groups in total. The minimum atomic E-state index is 0.530. The molecule has 0 saturated heterocycles. The molecule has 0 aliphatic heterocycles. The molecule has 0 atom stereocenters. The molecule has 21 aromatic carbocycles. The smallest absolute Gasteiger partial charge is 0.211 e. The molecule has 0 bridgehead atoms. The quantitative estimate of drug-likeness (QED) is 0.129. The summed E-state index contributed by atoms with van der Waals surface area (Å²) in [6.07, 6.45) is 0. The molecule has 0 amide bonds. The van der Waals surface area contributed by atoms with Gasteiger partial charge in [0.25, 0.3) is 0 Å². The van der Waals surface area contributed by atoms with Crippen LogP contribution in [0.1, 0.15) is 22.3 Å². The van der Waals surface area contributed by atoms with E-state index >= 15 is 0 Å². The van der Waals surface area contributed by atoms with Crippen molar-refractivity contribution in [1.82, 2.24) is 27.4 Å². The summed E-state index contributed by atoms with van der Waals surface area (Å²) >= 11 is 0.